The van der Waals surface area contributed by atoms with E-state index in [2.05, 4.69) is 16.8 Å². The largest absolute Gasteiger partial charge is 0.598 e. The number of rotatable bonds is 6. The summed E-state index contributed by atoms with van der Waals surface area (Å²) in [4.78, 5) is 20.7. The highest BCUT2D eigenvalue weighted by Crippen LogP contribution is 2.35. The fourth-order valence-electron chi connectivity index (χ4n) is 4.02. The standard InChI is InChI=1S/C22H28N4O3S2/c1-5-29-20-10-16(6-7-23-20)19-14-24(3)22(27)18-11-17(30-21(18)19)13-25-8-9-26(31(4)28)12-15(25)2/h6-7,10-11,14-15H,5,8-9,12-13H2,1-4H3/t15-,31?/m1/s1. The third-order valence-electron chi connectivity index (χ3n) is 5.69. The second-order valence-corrected chi connectivity index (χ2v) is 10.4. The molecular formula is C22H28N4O3S2. The van der Waals surface area contributed by atoms with Crippen LogP contribution in [-0.4, -0.2) is 61.8 Å². The topological polar surface area (TPSA) is 73.7 Å². The lowest BCUT2D eigenvalue weighted by Gasteiger charge is -2.38. The van der Waals surface area contributed by atoms with E-state index >= 15 is 0 Å². The Labute approximate surface area is 189 Å². The van der Waals surface area contributed by atoms with Crippen molar-refractivity contribution in [1.82, 2.24) is 18.8 Å². The Balaban J connectivity index is 1.67. The van der Waals surface area contributed by atoms with Crippen LogP contribution in [0.4, 0.5) is 0 Å². The average Bonchev–Trinajstić information content (AvgIpc) is 3.16. The van der Waals surface area contributed by atoms with E-state index in [9.17, 15) is 9.35 Å². The van der Waals surface area contributed by atoms with Crippen molar-refractivity contribution in [3.63, 3.8) is 0 Å². The van der Waals surface area contributed by atoms with Crippen molar-refractivity contribution in [2.24, 2.45) is 7.05 Å². The monoisotopic (exact) mass is 460 g/mol. The molecule has 0 saturated carbocycles. The Kier molecular flexibility index (Phi) is 6.68. The lowest BCUT2D eigenvalue weighted by atomic mass is 10.1. The van der Waals surface area contributed by atoms with Crippen LogP contribution in [0.15, 0.2) is 35.4 Å². The summed E-state index contributed by atoms with van der Waals surface area (Å²) < 4.78 is 22.0. The molecule has 1 saturated heterocycles. The Bertz CT molecular complexity index is 1130. The van der Waals surface area contributed by atoms with Crippen molar-refractivity contribution in [2.75, 3.05) is 32.5 Å². The van der Waals surface area contributed by atoms with Crippen LogP contribution in [0, 0.1) is 0 Å². The van der Waals surface area contributed by atoms with E-state index in [0.717, 1.165) is 52.3 Å². The molecular weight excluding hydrogens is 432 g/mol. The van der Waals surface area contributed by atoms with Crippen molar-refractivity contribution in [3.05, 3.63) is 45.8 Å². The molecule has 1 fully saturated rings. The molecule has 9 heteroatoms. The predicted molar refractivity (Wildman–Crippen MR) is 127 cm³/mol. The molecule has 0 amide bonds. The second kappa shape index (κ2) is 9.30. The van der Waals surface area contributed by atoms with Gasteiger partial charge < -0.3 is 13.9 Å². The van der Waals surface area contributed by atoms with E-state index in [0.29, 0.717) is 18.5 Å². The lowest BCUT2D eigenvalue weighted by Crippen LogP contribution is -2.52. The molecule has 2 atom stereocenters. The number of fused-ring (bicyclic) bond motifs is 1. The fraction of sp³-hybridized carbons (Fsp3) is 0.455. The van der Waals surface area contributed by atoms with Crippen LogP contribution in [-0.2, 0) is 25.0 Å². The summed E-state index contributed by atoms with van der Waals surface area (Å²) >= 11 is 0.743. The Morgan fingerprint density at radius 2 is 2.16 bits per heavy atom. The van der Waals surface area contributed by atoms with Gasteiger partial charge in [0.05, 0.1) is 25.1 Å². The maximum absolute atomic E-state index is 12.8. The van der Waals surface area contributed by atoms with Crippen LogP contribution in [0.1, 0.15) is 18.7 Å². The van der Waals surface area contributed by atoms with Gasteiger partial charge in [-0.1, -0.05) is 0 Å². The van der Waals surface area contributed by atoms with Crippen LogP contribution >= 0.6 is 11.3 Å². The van der Waals surface area contributed by atoms with E-state index < -0.39 is 11.4 Å². The molecule has 1 aliphatic rings. The number of hydrogen-bond donors (Lipinski definition) is 0. The van der Waals surface area contributed by atoms with Gasteiger partial charge >= 0.3 is 0 Å². The summed E-state index contributed by atoms with van der Waals surface area (Å²) in [6.45, 7) is 7.89. The van der Waals surface area contributed by atoms with Crippen LogP contribution in [0.25, 0.3) is 21.2 Å². The van der Waals surface area contributed by atoms with E-state index in [-0.39, 0.29) is 5.56 Å². The van der Waals surface area contributed by atoms with E-state index in [1.807, 2.05) is 35.6 Å². The number of aryl methyl sites for hydroxylation is 1. The summed E-state index contributed by atoms with van der Waals surface area (Å²) in [6.07, 6.45) is 5.38. The van der Waals surface area contributed by atoms with Crippen LogP contribution in [0.2, 0.25) is 0 Å². The highest BCUT2D eigenvalue weighted by molar-refractivity contribution is 7.88. The SMILES string of the molecule is CCOc1cc(-c2cn(C)c(=O)c3cc(CN4CCN([S+](C)[O-])C[C@H]4C)sc23)ccn1. The van der Waals surface area contributed by atoms with Crippen molar-refractivity contribution in [1.29, 1.82) is 0 Å². The van der Waals surface area contributed by atoms with Crippen molar-refractivity contribution < 1.29 is 9.29 Å². The molecule has 1 unspecified atom stereocenters. The quantitative estimate of drug-likeness (QED) is 0.527. The zero-order valence-corrected chi connectivity index (χ0v) is 20.0. The summed E-state index contributed by atoms with van der Waals surface area (Å²) in [5, 5.41) is 0.746. The minimum atomic E-state index is -0.930. The van der Waals surface area contributed by atoms with Gasteiger partial charge in [-0.15, -0.1) is 15.6 Å². The maximum atomic E-state index is 12.8. The molecule has 0 aliphatic carbocycles. The minimum absolute atomic E-state index is 0.0135. The smallest absolute Gasteiger partial charge is 0.259 e. The van der Waals surface area contributed by atoms with Gasteiger partial charge in [-0.2, -0.15) is 0 Å². The van der Waals surface area contributed by atoms with Crippen LogP contribution in [0.3, 0.4) is 0 Å². The van der Waals surface area contributed by atoms with Crippen LogP contribution < -0.4 is 10.3 Å². The fourth-order valence-corrected chi connectivity index (χ4v) is 5.99. The Morgan fingerprint density at radius 1 is 1.35 bits per heavy atom. The number of piperazine rings is 1. The van der Waals surface area contributed by atoms with Gasteiger partial charge in [0.2, 0.25) is 5.88 Å². The first-order valence-corrected chi connectivity index (χ1v) is 12.7. The van der Waals surface area contributed by atoms with Gasteiger partial charge in [-0.3, -0.25) is 9.69 Å². The molecule has 3 aromatic rings. The molecule has 0 N–H and O–H groups in total. The first-order valence-electron chi connectivity index (χ1n) is 10.4. The zero-order chi connectivity index (χ0) is 22.1. The Hall–Kier alpha value is -1.91. The molecule has 0 bridgehead atoms. The number of pyridine rings is 2. The number of nitrogens with zero attached hydrogens (tertiary/aromatic N) is 4. The first kappa shape index (κ1) is 22.3. The summed E-state index contributed by atoms with van der Waals surface area (Å²) in [5.41, 5.74) is 2.01. The molecule has 1 aliphatic heterocycles. The van der Waals surface area contributed by atoms with Crippen molar-refractivity contribution in [3.8, 4) is 17.0 Å². The average molecular weight is 461 g/mol. The van der Waals surface area contributed by atoms with Gasteiger partial charge in [0.15, 0.2) is 0 Å². The third-order valence-corrected chi connectivity index (χ3v) is 7.90. The number of hydrogen-bond acceptors (Lipinski definition) is 7. The van der Waals surface area contributed by atoms with Crippen LogP contribution in [0.5, 0.6) is 5.88 Å². The summed E-state index contributed by atoms with van der Waals surface area (Å²) in [5.74, 6) is 0.582. The molecule has 3 aromatic heterocycles. The third kappa shape index (κ3) is 4.65. The first-order chi connectivity index (χ1) is 14.9. The number of aromatic nitrogens is 2. The minimum Gasteiger partial charge on any atom is -0.598 e. The van der Waals surface area contributed by atoms with Gasteiger partial charge in [-0.25, -0.2) is 4.98 Å². The highest BCUT2D eigenvalue weighted by Gasteiger charge is 2.29. The molecule has 0 aromatic carbocycles. The van der Waals surface area contributed by atoms with Crippen molar-refractivity contribution >= 4 is 32.8 Å². The molecule has 166 valence electrons. The van der Waals surface area contributed by atoms with Gasteiger partial charge in [0, 0.05) is 71.1 Å². The molecule has 0 radical (unpaired) electrons. The zero-order valence-electron chi connectivity index (χ0n) is 18.3. The maximum Gasteiger partial charge on any atom is 0.259 e. The molecule has 0 spiro atoms. The molecule has 7 nitrogen and oxygen atoms in total. The highest BCUT2D eigenvalue weighted by atomic mass is 32.2. The molecule has 31 heavy (non-hydrogen) atoms. The number of ether oxygens (including phenoxy) is 1. The lowest BCUT2D eigenvalue weighted by molar-refractivity contribution is 0.123. The van der Waals surface area contributed by atoms with Gasteiger partial charge in [0.25, 0.3) is 5.56 Å². The number of thiophene rings is 1. The van der Waals surface area contributed by atoms with Gasteiger partial charge in [-0.05, 0) is 31.5 Å². The molecule has 4 heterocycles. The predicted octanol–water partition coefficient (Wildman–Crippen LogP) is 2.86. The molecule has 4 rings (SSSR count). The normalized spacial score (nSPS) is 19.1. The van der Waals surface area contributed by atoms with E-state index in [4.69, 9.17) is 4.74 Å². The summed E-state index contributed by atoms with van der Waals surface area (Å²) in [7, 11) is 1.79. The van der Waals surface area contributed by atoms with Crippen molar-refractivity contribution in [2.45, 2.75) is 26.4 Å². The van der Waals surface area contributed by atoms with E-state index in [1.165, 1.54) is 0 Å². The van der Waals surface area contributed by atoms with E-state index in [1.54, 1.807) is 35.4 Å². The second-order valence-electron chi connectivity index (χ2n) is 7.86. The Morgan fingerprint density at radius 3 is 2.87 bits per heavy atom. The van der Waals surface area contributed by atoms with Gasteiger partial charge in [0.1, 0.15) is 6.26 Å². The summed E-state index contributed by atoms with van der Waals surface area (Å²) in [6, 6.07) is 6.22.